The van der Waals surface area contributed by atoms with Gasteiger partial charge < -0.3 is 10.1 Å². The van der Waals surface area contributed by atoms with Crippen LogP contribution in [0.4, 0.5) is 8.78 Å². The lowest BCUT2D eigenvalue weighted by molar-refractivity contribution is -0.166. The molecule has 6 nitrogen and oxygen atoms in total. The van der Waals surface area contributed by atoms with Crippen LogP contribution in [0, 0.1) is 17.0 Å². The summed E-state index contributed by atoms with van der Waals surface area (Å²) in [6, 6.07) is 11.9. The smallest absolute Gasteiger partial charge is 0.225 e. The molecular formula is C24H31F2N3O3S. The molecule has 1 amide bonds. The Morgan fingerprint density at radius 1 is 1.12 bits per heavy atom. The van der Waals surface area contributed by atoms with Gasteiger partial charge in [0.25, 0.3) is 0 Å². The van der Waals surface area contributed by atoms with E-state index in [0.29, 0.717) is 38.3 Å². The van der Waals surface area contributed by atoms with E-state index >= 15 is 0 Å². The van der Waals surface area contributed by atoms with Gasteiger partial charge in [0.15, 0.2) is 0 Å². The molecule has 0 radical (unpaired) electrons. The van der Waals surface area contributed by atoms with Crippen LogP contribution in [0.5, 0.6) is 5.75 Å². The van der Waals surface area contributed by atoms with Crippen molar-refractivity contribution in [3.63, 3.8) is 0 Å². The van der Waals surface area contributed by atoms with Gasteiger partial charge in [-0.15, -0.1) is 0 Å². The van der Waals surface area contributed by atoms with Crippen molar-refractivity contribution in [1.82, 2.24) is 14.9 Å². The van der Waals surface area contributed by atoms with E-state index in [9.17, 15) is 18.8 Å². The van der Waals surface area contributed by atoms with E-state index in [-0.39, 0.29) is 23.6 Å². The second kappa shape index (κ2) is 11.8. The third-order valence-corrected chi connectivity index (χ3v) is 6.57. The minimum absolute atomic E-state index is 0.00396. The van der Waals surface area contributed by atoms with Crippen LogP contribution in [-0.4, -0.2) is 46.4 Å². The Bertz CT molecular complexity index is 889. The predicted molar refractivity (Wildman–Crippen MR) is 124 cm³/mol. The summed E-state index contributed by atoms with van der Waals surface area (Å²) in [6.45, 7) is 5.50. The van der Waals surface area contributed by atoms with E-state index in [1.54, 1.807) is 29.3 Å². The molecule has 0 unspecified atom stereocenters. The van der Waals surface area contributed by atoms with Gasteiger partial charge in [-0.3, -0.25) is 10.0 Å². The first-order chi connectivity index (χ1) is 15.7. The van der Waals surface area contributed by atoms with Gasteiger partial charge in [-0.1, -0.05) is 18.4 Å². The number of amides is 1. The predicted octanol–water partition coefficient (Wildman–Crippen LogP) is 5.04. The molecule has 2 aromatic carbocycles. The Labute approximate surface area is 198 Å². The highest BCUT2D eigenvalue weighted by atomic mass is 32.2. The van der Waals surface area contributed by atoms with Crippen molar-refractivity contribution in [3.05, 3.63) is 60.2 Å². The Kier molecular flexibility index (Phi) is 9.08. The van der Waals surface area contributed by atoms with Crippen LogP contribution >= 0.6 is 11.9 Å². The molecule has 1 heterocycles. The van der Waals surface area contributed by atoms with Crippen LogP contribution in [0.3, 0.4) is 0 Å². The third-order valence-electron chi connectivity index (χ3n) is 5.69. The number of hydrogen-bond acceptors (Lipinski definition) is 6. The normalized spacial score (nSPS) is 15.6. The number of benzene rings is 2. The fourth-order valence-electron chi connectivity index (χ4n) is 3.56. The van der Waals surface area contributed by atoms with E-state index in [2.05, 4.69) is 5.32 Å². The lowest BCUT2D eigenvalue weighted by Crippen LogP contribution is -2.50. The summed E-state index contributed by atoms with van der Waals surface area (Å²) in [5.74, 6) is -0.00162. The fraction of sp³-hybridized carbons (Fsp3) is 0.458. The van der Waals surface area contributed by atoms with Crippen molar-refractivity contribution in [2.75, 3.05) is 19.7 Å². The number of ether oxygens (including phenoxy) is 1. The van der Waals surface area contributed by atoms with Gasteiger partial charge in [0.05, 0.1) is 6.61 Å². The molecule has 1 saturated heterocycles. The summed E-state index contributed by atoms with van der Waals surface area (Å²) >= 11 is 1.12. The van der Waals surface area contributed by atoms with Gasteiger partial charge in [0, 0.05) is 41.4 Å². The van der Waals surface area contributed by atoms with Gasteiger partial charge in [0.1, 0.15) is 17.4 Å². The molecule has 2 N–H and O–H groups in total. The van der Waals surface area contributed by atoms with Gasteiger partial charge >= 0.3 is 0 Å². The SMILES string of the molecule is CC(C)(CCCOc1ccc(F)cc1)C(=O)NC1CCN(N(O)Sc2ccc(F)cc2)CC1. The molecule has 3 rings (SSSR count). The Balaban J connectivity index is 1.36. The molecule has 1 aliphatic heterocycles. The molecule has 9 heteroatoms. The molecular weight excluding hydrogens is 448 g/mol. The number of hydrogen-bond donors (Lipinski definition) is 2. The minimum atomic E-state index is -0.537. The van der Waals surface area contributed by atoms with Crippen LogP contribution in [0.25, 0.3) is 0 Å². The quantitative estimate of drug-likeness (QED) is 0.283. The third kappa shape index (κ3) is 7.96. The standard InChI is InChI=1S/C24H31F2N3O3S/c1-24(2,14-3-17-32-21-8-4-18(25)5-9-21)23(30)27-20-12-15-28(16-13-20)29(31)33-22-10-6-19(26)7-11-22/h4-11,20,31H,3,12-17H2,1-2H3,(H,27,30). The molecule has 1 fully saturated rings. The van der Waals surface area contributed by atoms with E-state index in [1.165, 1.54) is 24.3 Å². The first-order valence-electron chi connectivity index (χ1n) is 11.1. The average molecular weight is 480 g/mol. The van der Waals surface area contributed by atoms with Gasteiger partial charge in [-0.2, -0.15) is 0 Å². The summed E-state index contributed by atoms with van der Waals surface area (Å²) in [5.41, 5.74) is -0.537. The van der Waals surface area contributed by atoms with Gasteiger partial charge in [-0.25, -0.2) is 13.8 Å². The topological polar surface area (TPSA) is 65.0 Å². The number of nitrogens with one attached hydrogen (secondary N) is 1. The van der Waals surface area contributed by atoms with Gasteiger partial charge in [0.2, 0.25) is 5.91 Å². The van der Waals surface area contributed by atoms with Crippen molar-refractivity contribution in [2.24, 2.45) is 5.41 Å². The maximum absolute atomic E-state index is 13.0. The zero-order valence-corrected chi connectivity index (χ0v) is 19.8. The van der Waals surface area contributed by atoms with E-state index in [4.69, 9.17) is 4.74 Å². The highest BCUT2D eigenvalue weighted by Crippen LogP contribution is 2.27. The van der Waals surface area contributed by atoms with Crippen molar-refractivity contribution < 1.29 is 23.5 Å². The van der Waals surface area contributed by atoms with Crippen LogP contribution in [0.1, 0.15) is 39.5 Å². The molecule has 33 heavy (non-hydrogen) atoms. The monoisotopic (exact) mass is 479 g/mol. The van der Waals surface area contributed by atoms with Crippen LogP contribution in [-0.2, 0) is 4.79 Å². The summed E-state index contributed by atoms with van der Waals surface area (Å²) in [4.78, 5) is 13.6. The summed E-state index contributed by atoms with van der Waals surface area (Å²) in [7, 11) is 0. The largest absolute Gasteiger partial charge is 0.494 e. The highest BCUT2D eigenvalue weighted by Gasteiger charge is 2.31. The lowest BCUT2D eigenvalue weighted by atomic mass is 9.86. The number of carbonyl (C=O) groups excluding carboxylic acids is 1. The van der Waals surface area contributed by atoms with Gasteiger partial charge in [-0.05, 0) is 74.2 Å². The van der Waals surface area contributed by atoms with Crippen molar-refractivity contribution in [1.29, 1.82) is 0 Å². The Hall–Kier alpha value is -2.20. The van der Waals surface area contributed by atoms with Crippen molar-refractivity contribution in [2.45, 2.75) is 50.5 Å². The zero-order chi connectivity index (χ0) is 23.8. The van der Waals surface area contributed by atoms with E-state index in [1.807, 2.05) is 13.8 Å². The number of halogens is 2. The summed E-state index contributed by atoms with van der Waals surface area (Å²) in [5, 5.41) is 15.3. The molecule has 180 valence electrons. The summed E-state index contributed by atoms with van der Waals surface area (Å²) < 4.78 is 32.7. The Morgan fingerprint density at radius 3 is 2.30 bits per heavy atom. The first-order valence-corrected chi connectivity index (χ1v) is 11.9. The average Bonchev–Trinajstić information content (AvgIpc) is 2.80. The second-order valence-electron chi connectivity index (χ2n) is 8.79. The van der Waals surface area contributed by atoms with Crippen LogP contribution < -0.4 is 10.1 Å². The molecule has 0 saturated carbocycles. The summed E-state index contributed by atoms with van der Waals surface area (Å²) in [6.07, 6.45) is 2.81. The number of carbonyl (C=O) groups is 1. The molecule has 0 aliphatic carbocycles. The molecule has 0 spiro atoms. The first kappa shape index (κ1) is 25.4. The van der Waals surface area contributed by atoms with Crippen molar-refractivity contribution >= 4 is 17.9 Å². The molecule has 0 atom stereocenters. The van der Waals surface area contributed by atoms with E-state index < -0.39 is 5.41 Å². The van der Waals surface area contributed by atoms with Crippen LogP contribution in [0.15, 0.2) is 53.4 Å². The van der Waals surface area contributed by atoms with Crippen LogP contribution in [0.2, 0.25) is 0 Å². The maximum atomic E-state index is 13.0. The number of nitrogens with zero attached hydrogens (tertiary/aromatic N) is 2. The minimum Gasteiger partial charge on any atom is -0.494 e. The molecule has 0 aromatic heterocycles. The van der Waals surface area contributed by atoms with E-state index in [0.717, 1.165) is 34.3 Å². The highest BCUT2D eigenvalue weighted by molar-refractivity contribution is 7.96. The molecule has 2 aromatic rings. The number of hydrazine groups is 1. The fourth-order valence-corrected chi connectivity index (χ4v) is 4.28. The zero-order valence-electron chi connectivity index (χ0n) is 19.0. The number of piperidine rings is 1. The number of rotatable bonds is 10. The molecule has 1 aliphatic rings. The Morgan fingerprint density at radius 2 is 1.70 bits per heavy atom. The maximum Gasteiger partial charge on any atom is 0.225 e. The second-order valence-corrected chi connectivity index (χ2v) is 9.77. The van der Waals surface area contributed by atoms with Crippen molar-refractivity contribution in [3.8, 4) is 5.75 Å². The molecule has 0 bridgehead atoms. The lowest BCUT2D eigenvalue weighted by Gasteiger charge is -2.36.